The molecule has 0 aliphatic carbocycles. The fourth-order valence-electron chi connectivity index (χ4n) is 2.48. The maximum Gasteiger partial charge on any atom is 0.129 e. The number of benzene rings is 1. The number of pyridine rings is 1. The molecule has 3 nitrogen and oxygen atoms in total. The van der Waals surface area contributed by atoms with Crippen LogP contribution < -0.4 is 0 Å². The highest BCUT2D eigenvalue weighted by Gasteiger charge is 2.21. The lowest BCUT2D eigenvalue weighted by Gasteiger charge is -2.33. The Morgan fingerprint density at radius 1 is 1.24 bits per heavy atom. The van der Waals surface area contributed by atoms with Crippen LogP contribution in [0.1, 0.15) is 17.2 Å². The van der Waals surface area contributed by atoms with E-state index in [9.17, 15) is 0 Å². The van der Waals surface area contributed by atoms with Crippen LogP contribution in [-0.2, 0) is 11.3 Å². The number of aromatic nitrogens is 1. The van der Waals surface area contributed by atoms with E-state index in [0.29, 0.717) is 5.15 Å². The Morgan fingerprint density at radius 2 is 2.05 bits per heavy atom. The summed E-state index contributed by atoms with van der Waals surface area (Å²) in [6.07, 6.45) is 1.97. The number of halogens is 2. The predicted molar refractivity (Wildman–Crippen MR) is 87.4 cm³/mol. The fourth-order valence-corrected chi connectivity index (χ4v) is 2.86. The minimum atomic E-state index is 0.132. The first-order chi connectivity index (χ1) is 10.2. The second-order valence-electron chi connectivity index (χ2n) is 5.14. The highest BCUT2D eigenvalue weighted by molar-refractivity contribution is 9.10. The first kappa shape index (κ1) is 15.0. The Balaban J connectivity index is 1.65. The lowest BCUT2D eigenvalue weighted by Crippen LogP contribution is -2.37. The summed E-state index contributed by atoms with van der Waals surface area (Å²) in [6.45, 7) is 3.46. The van der Waals surface area contributed by atoms with Gasteiger partial charge < -0.3 is 4.74 Å². The van der Waals surface area contributed by atoms with Crippen molar-refractivity contribution in [3.63, 3.8) is 0 Å². The van der Waals surface area contributed by atoms with E-state index in [2.05, 4.69) is 50.1 Å². The van der Waals surface area contributed by atoms with Gasteiger partial charge in [-0.2, -0.15) is 0 Å². The summed E-state index contributed by atoms with van der Waals surface area (Å²) in [4.78, 5) is 6.52. The number of rotatable bonds is 3. The third-order valence-corrected chi connectivity index (χ3v) is 4.34. The average Bonchev–Trinajstić information content (AvgIpc) is 2.51. The first-order valence-corrected chi connectivity index (χ1v) is 8.07. The van der Waals surface area contributed by atoms with Gasteiger partial charge in [0.2, 0.25) is 0 Å². The maximum atomic E-state index is 5.90. The molecule has 1 saturated heterocycles. The summed E-state index contributed by atoms with van der Waals surface area (Å²) in [6, 6.07) is 12.2. The highest BCUT2D eigenvalue weighted by Crippen LogP contribution is 2.24. The van der Waals surface area contributed by atoms with Crippen molar-refractivity contribution in [2.75, 3.05) is 19.7 Å². The van der Waals surface area contributed by atoms with Gasteiger partial charge in [-0.15, -0.1) is 0 Å². The molecular formula is C16H16BrClN2O. The van der Waals surface area contributed by atoms with E-state index in [0.717, 1.165) is 30.7 Å². The Labute approximate surface area is 138 Å². The number of ether oxygens (including phenoxy) is 1. The molecule has 5 heteroatoms. The van der Waals surface area contributed by atoms with Crippen molar-refractivity contribution >= 4 is 27.5 Å². The fraction of sp³-hybridized carbons (Fsp3) is 0.312. The van der Waals surface area contributed by atoms with Crippen molar-refractivity contribution < 1.29 is 4.74 Å². The minimum Gasteiger partial charge on any atom is -0.371 e. The molecule has 0 spiro atoms. The van der Waals surface area contributed by atoms with Gasteiger partial charge in [-0.25, -0.2) is 4.98 Å². The van der Waals surface area contributed by atoms with Gasteiger partial charge in [0.1, 0.15) is 5.15 Å². The second kappa shape index (κ2) is 6.88. The summed E-state index contributed by atoms with van der Waals surface area (Å²) in [5.41, 5.74) is 2.40. The lowest BCUT2D eigenvalue weighted by atomic mass is 10.1. The van der Waals surface area contributed by atoms with Gasteiger partial charge in [0, 0.05) is 30.3 Å². The average molecular weight is 368 g/mol. The molecule has 0 bridgehead atoms. The summed E-state index contributed by atoms with van der Waals surface area (Å²) in [7, 11) is 0. The molecule has 0 amide bonds. The number of hydrogen-bond acceptors (Lipinski definition) is 3. The van der Waals surface area contributed by atoms with Crippen LogP contribution in [0.15, 0.2) is 47.1 Å². The van der Waals surface area contributed by atoms with Crippen LogP contribution >= 0.6 is 27.5 Å². The molecule has 1 aliphatic heterocycles. The van der Waals surface area contributed by atoms with Crippen molar-refractivity contribution in [1.82, 2.24) is 9.88 Å². The van der Waals surface area contributed by atoms with Gasteiger partial charge in [0.15, 0.2) is 0 Å². The zero-order valence-corrected chi connectivity index (χ0v) is 13.8. The number of hydrogen-bond donors (Lipinski definition) is 0. The molecule has 0 N–H and O–H groups in total. The molecule has 1 atom stereocenters. The van der Waals surface area contributed by atoms with Crippen LogP contribution in [-0.4, -0.2) is 29.6 Å². The van der Waals surface area contributed by atoms with E-state index >= 15 is 0 Å². The van der Waals surface area contributed by atoms with Crippen molar-refractivity contribution in [2.45, 2.75) is 12.6 Å². The maximum absolute atomic E-state index is 5.90. The molecule has 1 aromatic carbocycles. The first-order valence-electron chi connectivity index (χ1n) is 6.90. The third kappa shape index (κ3) is 4.04. The Kier molecular flexibility index (Phi) is 4.91. The van der Waals surface area contributed by atoms with Crippen LogP contribution in [0.5, 0.6) is 0 Å². The molecule has 2 heterocycles. The van der Waals surface area contributed by atoms with Gasteiger partial charge in [-0.1, -0.05) is 45.7 Å². The smallest absolute Gasteiger partial charge is 0.129 e. The molecular weight excluding hydrogens is 352 g/mol. The topological polar surface area (TPSA) is 25.4 Å². The van der Waals surface area contributed by atoms with E-state index in [-0.39, 0.29) is 6.10 Å². The normalized spacial score (nSPS) is 19.6. The quantitative estimate of drug-likeness (QED) is 0.765. The summed E-state index contributed by atoms with van der Waals surface area (Å²) < 4.78 is 6.99. The molecule has 2 aromatic rings. The standard InChI is InChI=1S/C16H16BrClN2O/c17-14-4-2-13(3-5-14)15-11-20(7-8-21-15)10-12-1-6-16(18)19-9-12/h1-6,9,15H,7-8,10-11H2. The van der Waals surface area contributed by atoms with E-state index in [1.165, 1.54) is 11.1 Å². The number of morpholine rings is 1. The van der Waals surface area contributed by atoms with Gasteiger partial charge in [-0.3, -0.25) is 4.90 Å². The monoisotopic (exact) mass is 366 g/mol. The van der Waals surface area contributed by atoms with Gasteiger partial charge in [-0.05, 0) is 29.3 Å². The largest absolute Gasteiger partial charge is 0.371 e. The Morgan fingerprint density at radius 3 is 2.76 bits per heavy atom. The Bertz CT molecular complexity index is 588. The molecule has 0 radical (unpaired) electrons. The zero-order valence-electron chi connectivity index (χ0n) is 11.5. The minimum absolute atomic E-state index is 0.132. The summed E-state index contributed by atoms with van der Waals surface area (Å²) in [5.74, 6) is 0. The molecule has 3 rings (SSSR count). The van der Waals surface area contributed by atoms with Crippen LogP contribution in [0.3, 0.4) is 0 Å². The summed E-state index contributed by atoms with van der Waals surface area (Å²) >= 11 is 9.28. The predicted octanol–water partition coefficient (Wildman–Crippen LogP) is 4.07. The third-order valence-electron chi connectivity index (χ3n) is 3.59. The zero-order chi connectivity index (χ0) is 14.7. The van der Waals surface area contributed by atoms with Crippen molar-refractivity contribution in [3.8, 4) is 0 Å². The second-order valence-corrected chi connectivity index (χ2v) is 6.44. The van der Waals surface area contributed by atoms with Crippen molar-refractivity contribution in [2.24, 2.45) is 0 Å². The van der Waals surface area contributed by atoms with Crippen LogP contribution in [0.25, 0.3) is 0 Å². The van der Waals surface area contributed by atoms with Crippen molar-refractivity contribution in [1.29, 1.82) is 0 Å². The molecule has 1 unspecified atom stereocenters. The molecule has 1 aliphatic rings. The molecule has 110 valence electrons. The molecule has 0 saturated carbocycles. The Hall–Kier alpha value is -0.940. The van der Waals surface area contributed by atoms with Gasteiger partial charge in [0.25, 0.3) is 0 Å². The van der Waals surface area contributed by atoms with Crippen LogP contribution in [0.4, 0.5) is 0 Å². The van der Waals surface area contributed by atoms with E-state index in [1.54, 1.807) is 0 Å². The molecule has 1 fully saturated rings. The van der Waals surface area contributed by atoms with Crippen LogP contribution in [0.2, 0.25) is 5.15 Å². The highest BCUT2D eigenvalue weighted by atomic mass is 79.9. The SMILES string of the molecule is Clc1ccc(CN2CCOC(c3ccc(Br)cc3)C2)cn1. The van der Waals surface area contributed by atoms with Gasteiger partial charge >= 0.3 is 0 Å². The van der Waals surface area contributed by atoms with Crippen LogP contribution in [0, 0.1) is 0 Å². The molecule has 1 aromatic heterocycles. The summed E-state index contributed by atoms with van der Waals surface area (Å²) in [5, 5.41) is 0.536. The van der Waals surface area contributed by atoms with E-state index < -0.39 is 0 Å². The number of nitrogens with zero attached hydrogens (tertiary/aromatic N) is 2. The van der Waals surface area contributed by atoms with Crippen molar-refractivity contribution in [3.05, 3.63) is 63.3 Å². The molecule has 21 heavy (non-hydrogen) atoms. The van der Waals surface area contributed by atoms with E-state index in [4.69, 9.17) is 16.3 Å². The lowest BCUT2D eigenvalue weighted by molar-refractivity contribution is -0.0329. The van der Waals surface area contributed by atoms with E-state index in [1.807, 2.05) is 18.3 Å². The van der Waals surface area contributed by atoms with Gasteiger partial charge in [0.05, 0.1) is 12.7 Å².